The summed E-state index contributed by atoms with van der Waals surface area (Å²) < 4.78 is 10.8. The molecule has 1 aliphatic heterocycles. The van der Waals surface area contributed by atoms with E-state index in [0.29, 0.717) is 23.1 Å². The van der Waals surface area contributed by atoms with E-state index < -0.39 is 0 Å². The first kappa shape index (κ1) is 15.9. The van der Waals surface area contributed by atoms with Gasteiger partial charge in [0, 0.05) is 17.7 Å². The Morgan fingerprint density at radius 1 is 1.35 bits per heavy atom. The van der Waals surface area contributed by atoms with Crippen LogP contribution in [0.3, 0.4) is 0 Å². The number of hydrogen-bond donors (Lipinski definition) is 0. The normalized spacial score (nSPS) is 13.9. The van der Waals surface area contributed by atoms with Gasteiger partial charge in [-0.2, -0.15) is 0 Å². The van der Waals surface area contributed by atoms with Gasteiger partial charge in [-0.05, 0) is 32.4 Å². The lowest BCUT2D eigenvalue weighted by atomic mass is 10.0. The number of hydrogen-bond acceptors (Lipinski definition) is 4. The van der Waals surface area contributed by atoms with Crippen LogP contribution in [0.2, 0.25) is 5.02 Å². The van der Waals surface area contributed by atoms with Gasteiger partial charge in [0.1, 0.15) is 11.5 Å². The van der Waals surface area contributed by atoms with E-state index in [1.54, 1.807) is 11.0 Å². The second kappa shape index (κ2) is 6.24. The summed E-state index contributed by atoms with van der Waals surface area (Å²) in [5, 5.41) is 4.53. The molecule has 0 spiro atoms. The second-order valence-electron chi connectivity index (χ2n) is 5.69. The fourth-order valence-electron chi connectivity index (χ4n) is 2.84. The Hall–Kier alpha value is -2.01. The van der Waals surface area contributed by atoms with Gasteiger partial charge in [-0.25, -0.2) is 0 Å². The van der Waals surface area contributed by atoms with Crippen molar-refractivity contribution in [1.29, 1.82) is 0 Å². The molecule has 2 heterocycles. The second-order valence-corrected chi connectivity index (χ2v) is 6.09. The molecule has 0 aliphatic carbocycles. The van der Waals surface area contributed by atoms with Crippen LogP contribution in [0.4, 0.5) is 5.69 Å². The number of carbonyl (C=O) groups is 1. The standard InChI is InChI=1S/C17H19ClN2O3/c1-4-5-6-20-14-8-13(18)12(7-15(14)22-9-16(20)21)17-10(2)19-23-11(17)3/h7-8H,4-6,9H2,1-3H3. The van der Waals surface area contributed by atoms with Crippen molar-refractivity contribution >= 4 is 23.2 Å². The van der Waals surface area contributed by atoms with E-state index in [2.05, 4.69) is 12.1 Å². The molecule has 5 nitrogen and oxygen atoms in total. The van der Waals surface area contributed by atoms with Crippen LogP contribution in [0.1, 0.15) is 31.2 Å². The predicted octanol–water partition coefficient (Wildman–Crippen LogP) is 4.14. The third-order valence-electron chi connectivity index (χ3n) is 4.03. The summed E-state index contributed by atoms with van der Waals surface area (Å²) in [6, 6.07) is 3.67. The van der Waals surface area contributed by atoms with Crippen LogP contribution < -0.4 is 9.64 Å². The number of anilines is 1. The molecular weight excluding hydrogens is 316 g/mol. The first-order valence-electron chi connectivity index (χ1n) is 7.73. The zero-order valence-electron chi connectivity index (χ0n) is 13.5. The maximum absolute atomic E-state index is 12.1. The van der Waals surface area contributed by atoms with Crippen molar-refractivity contribution in [3.8, 4) is 16.9 Å². The first-order chi connectivity index (χ1) is 11.0. The van der Waals surface area contributed by atoms with Crippen molar-refractivity contribution < 1.29 is 14.1 Å². The van der Waals surface area contributed by atoms with E-state index in [-0.39, 0.29) is 12.5 Å². The smallest absolute Gasteiger partial charge is 0.265 e. The minimum absolute atomic E-state index is 0.0351. The molecule has 0 saturated heterocycles. The Labute approximate surface area is 140 Å². The highest BCUT2D eigenvalue weighted by Crippen LogP contribution is 2.42. The van der Waals surface area contributed by atoms with Crippen LogP contribution in [0.25, 0.3) is 11.1 Å². The van der Waals surface area contributed by atoms with Crippen molar-refractivity contribution in [1.82, 2.24) is 5.16 Å². The molecule has 0 fully saturated rings. The number of aryl methyl sites for hydroxylation is 2. The number of carbonyl (C=O) groups excluding carboxylic acids is 1. The van der Waals surface area contributed by atoms with E-state index in [9.17, 15) is 4.79 Å². The molecule has 0 saturated carbocycles. The van der Waals surface area contributed by atoms with Crippen LogP contribution in [0.15, 0.2) is 16.7 Å². The molecule has 0 unspecified atom stereocenters. The fourth-order valence-corrected chi connectivity index (χ4v) is 3.09. The molecule has 1 aromatic heterocycles. The third kappa shape index (κ3) is 2.81. The Bertz CT molecular complexity index is 735. The number of ether oxygens (including phenoxy) is 1. The third-order valence-corrected chi connectivity index (χ3v) is 4.34. The number of aromatic nitrogens is 1. The van der Waals surface area contributed by atoms with E-state index >= 15 is 0 Å². The van der Waals surface area contributed by atoms with E-state index in [0.717, 1.165) is 35.3 Å². The minimum Gasteiger partial charge on any atom is -0.482 e. The number of unbranched alkanes of at least 4 members (excludes halogenated alkanes) is 1. The van der Waals surface area contributed by atoms with Crippen molar-refractivity contribution in [2.75, 3.05) is 18.1 Å². The maximum Gasteiger partial charge on any atom is 0.265 e. The summed E-state index contributed by atoms with van der Waals surface area (Å²) in [6.07, 6.45) is 1.96. The van der Waals surface area contributed by atoms with Gasteiger partial charge in [0.25, 0.3) is 5.91 Å². The highest BCUT2D eigenvalue weighted by Gasteiger charge is 2.27. The predicted molar refractivity (Wildman–Crippen MR) is 89.2 cm³/mol. The molecule has 0 bridgehead atoms. The molecule has 1 aliphatic rings. The zero-order chi connectivity index (χ0) is 16.6. The Morgan fingerprint density at radius 3 is 2.78 bits per heavy atom. The molecule has 3 rings (SSSR count). The van der Waals surface area contributed by atoms with Crippen molar-refractivity contribution in [2.45, 2.75) is 33.6 Å². The summed E-state index contributed by atoms with van der Waals surface area (Å²) in [4.78, 5) is 13.9. The fraction of sp³-hybridized carbons (Fsp3) is 0.412. The molecule has 122 valence electrons. The van der Waals surface area contributed by atoms with Gasteiger partial charge >= 0.3 is 0 Å². The van der Waals surface area contributed by atoms with E-state index in [1.807, 2.05) is 19.9 Å². The zero-order valence-corrected chi connectivity index (χ0v) is 14.2. The molecule has 0 N–H and O–H groups in total. The summed E-state index contributed by atoms with van der Waals surface area (Å²) in [6.45, 7) is 6.55. The van der Waals surface area contributed by atoms with Crippen molar-refractivity contribution in [2.24, 2.45) is 0 Å². The molecular formula is C17H19ClN2O3. The summed E-state index contributed by atoms with van der Waals surface area (Å²) >= 11 is 6.48. The van der Waals surface area contributed by atoms with Gasteiger partial charge in [0.2, 0.25) is 0 Å². The topological polar surface area (TPSA) is 55.6 Å². The SMILES string of the molecule is CCCCN1C(=O)COc2cc(-c3c(C)noc3C)c(Cl)cc21. The lowest BCUT2D eigenvalue weighted by Crippen LogP contribution is -2.39. The maximum atomic E-state index is 12.1. The quantitative estimate of drug-likeness (QED) is 0.843. The van der Waals surface area contributed by atoms with Crippen LogP contribution in [0, 0.1) is 13.8 Å². The molecule has 0 radical (unpaired) electrons. The number of benzene rings is 1. The van der Waals surface area contributed by atoms with Gasteiger partial charge in [0.05, 0.1) is 16.4 Å². The van der Waals surface area contributed by atoms with Gasteiger partial charge in [-0.3, -0.25) is 4.79 Å². The molecule has 23 heavy (non-hydrogen) atoms. The lowest BCUT2D eigenvalue weighted by Gasteiger charge is -2.30. The van der Waals surface area contributed by atoms with Gasteiger partial charge < -0.3 is 14.2 Å². The highest BCUT2D eigenvalue weighted by molar-refractivity contribution is 6.34. The molecule has 0 atom stereocenters. The number of rotatable bonds is 4. The Balaban J connectivity index is 2.07. The van der Waals surface area contributed by atoms with Gasteiger partial charge in [-0.15, -0.1) is 0 Å². The van der Waals surface area contributed by atoms with Gasteiger partial charge in [-0.1, -0.05) is 30.1 Å². The monoisotopic (exact) mass is 334 g/mol. The Kier molecular flexibility index (Phi) is 4.31. The van der Waals surface area contributed by atoms with Crippen LogP contribution in [-0.4, -0.2) is 24.2 Å². The summed E-state index contributed by atoms with van der Waals surface area (Å²) in [5.74, 6) is 1.34. The number of nitrogens with zero attached hydrogens (tertiary/aromatic N) is 2. The van der Waals surface area contributed by atoms with Crippen LogP contribution in [0.5, 0.6) is 5.75 Å². The first-order valence-corrected chi connectivity index (χ1v) is 8.10. The molecule has 1 aromatic carbocycles. The van der Waals surface area contributed by atoms with Crippen LogP contribution in [-0.2, 0) is 4.79 Å². The Morgan fingerprint density at radius 2 is 2.13 bits per heavy atom. The number of amides is 1. The lowest BCUT2D eigenvalue weighted by molar-refractivity contribution is -0.121. The molecule has 2 aromatic rings. The van der Waals surface area contributed by atoms with Crippen LogP contribution >= 0.6 is 11.6 Å². The average molecular weight is 335 g/mol. The number of halogens is 1. The molecule has 1 amide bonds. The highest BCUT2D eigenvalue weighted by atomic mass is 35.5. The largest absolute Gasteiger partial charge is 0.482 e. The average Bonchev–Trinajstić information content (AvgIpc) is 2.85. The van der Waals surface area contributed by atoms with Crippen molar-refractivity contribution in [3.63, 3.8) is 0 Å². The van der Waals surface area contributed by atoms with Crippen molar-refractivity contribution in [3.05, 3.63) is 28.6 Å². The number of fused-ring (bicyclic) bond motifs is 1. The molecule has 6 heteroatoms. The summed E-state index contributed by atoms with van der Waals surface area (Å²) in [7, 11) is 0. The van der Waals surface area contributed by atoms with Gasteiger partial charge in [0.15, 0.2) is 6.61 Å². The van der Waals surface area contributed by atoms with E-state index in [4.69, 9.17) is 20.9 Å². The van der Waals surface area contributed by atoms with E-state index in [1.165, 1.54) is 0 Å². The minimum atomic E-state index is -0.0351. The summed E-state index contributed by atoms with van der Waals surface area (Å²) in [5.41, 5.74) is 3.19.